The van der Waals surface area contributed by atoms with E-state index in [0.717, 1.165) is 27.0 Å². The summed E-state index contributed by atoms with van der Waals surface area (Å²) in [6, 6.07) is 15.1. The van der Waals surface area contributed by atoms with Crippen LogP contribution in [0, 0.1) is 11.3 Å². The summed E-state index contributed by atoms with van der Waals surface area (Å²) in [7, 11) is 1.63. The average Bonchev–Trinajstić information content (AvgIpc) is 3.21. The highest BCUT2D eigenvalue weighted by molar-refractivity contribution is 7.98. The third kappa shape index (κ3) is 4.62. The van der Waals surface area contributed by atoms with Crippen molar-refractivity contribution in [3.63, 3.8) is 0 Å². The van der Waals surface area contributed by atoms with E-state index in [0.29, 0.717) is 34.2 Å². The summed E-state index contributed by atoms with van der Waals surface area (Å²) in [5.41, 5.74) is 2.78. The van der Waals surface area contributed by atoms with E-state index >= 15 is 0 Å². The van der Waals surface area contributed by atoms with Crippen LogP contribution < -0.4 is 10.1 Å². The first-order chi connectivity index (χ1) is 16.0. The van der Waals surface area contributed by atoms with Gasteiger partial charge < -0.3 is 15.2 Å². The molecule has 2 heterocycles. The summed E-state index contributed by atoms with van der Waals surface area (Å²) < 4.78 is 6.42. The van der Waals surface area contributed by atoms with Crippen molar-refractivity contribution in [2.24, 2.45) is 0 Å². The predicted octanol–water partition coefficient (Wildman–Crippen LogP) is 5.31. The van der Waals surface area contributed by atoms with Gasteiger partial charge in [0.1, 0.15) is 28.8 Å². The number of methoxy groups -OCH3 is 1. The molecule has 2 aromatic heterocycles. The Labute approximate surface area is 199 Å². The minimum Gasteiger partial charge on any atom is -0.495 e. The number of hydrogen-bond donors (Lipinski definition) is 2. The summed E-state index contributed by atoms with van der Waals surface area (Å²) in [5.74, 6) is 0.474. The van der Waals surface area contributed by atoms with E-state index in [1.165, 1.54) is 29.4 Å². The Kier molecular flexibility index (Phi) is 6.77. The number of aromatic nitrogens is 2. The molecule has 0 radical (unpaired) electrons. The van der Waals surface area contributed by atoms with E-state index in [1.54, 1.807) is 19.2 Å². The molecule has 4 aromatic rings. The topological polar surface area (TPSA) is 108 Å². The number of anilines is 1. The number of ether oxygens (including phenoxy) is 1. The second kappa shape index (κ2) is 9.90. The summed E-state index contributed by atoms with van der Waals surface area (Å²) in [4.78, 5) is 21.4. The molecule has 0 saturated heterocycles. The Hall–Kier alpha value is -3.61. The number of hydrogen-bond acceptors (Lipinski definition) is 8. The standard InChI is InChI=1S/C24H20N4O3S2/c1-31-19-5-3-4-16-15(21(12-25)33-23(16)19)8-9-26-22-11-18(27-13-28-22)14-6-7-17(24(29)30)20(10-14)32-2/h3-7,10-11,13H,8-9H2,1-2H3,(H,29,30)(H,26,27,28). The number of thiophene rings is 1. The molecule has 2 aromatic carbocycles. The van der Waals surface area contributed by atoms with E-state index in [9.17, 15) is 15.2 Å². The minimum absolute atomic E-state index is 0.270. The van der Waals surface area contributed by atoms with Crippen LogP contribution in [-0.2, 0) is 6.42 Å². The van der Waals surface area contributed by atoms with E-state index in [2.05, 4.69) is 21.4 Å². The van der Waals surface area contributed by atoms with Gasteiger partial charge in [0.25, 0.3) is 0 Å². The molecule has 2 N–H and O–H groups in total. The number of benzene rings is 2. The molecule has 0 amide bonds. The number of fused-ring (bicyclic) bond motifs is 1. The molecular formula is C24H20N4O3S2. The lowest BCUT2D eigenvalue weighted by Crippen LogP contribution is -2.07. The quantitative estimate of drug-likeness (QED) is 0.329. The zero-order valence-corrected chi connectivity index (χ0v) is 19.6. The van der Waals surface area contributed by atoms with E-state index in [-0.39, 0.29) is 5.56 Å². The van der Waals surface area contributed by atoms with Crippen molar-refractivity contribution in [2.45, 2.75) is 11.3 Å². The highest BCUT2D eigenvalue weighted by atomic mass is 32.2. The average molecular weight is 477 g/mol. The molecule has 0 atom stereocenters. The van der Waals surface area contributed by atoms with Crippen LogP contribution in [0.3, 0.4) is 0 Å². The van der Waals surface area contributed by atoms with Crippen molar-refractivity contribution in [2.75, 3.05) is 25.2 Å². The fraction of sp³-hybridized carbons (Fsp3) is 0.167. The van der Waals surface area contributed by atoms with Gasteiger partial charge in [-0.25, -0.2) is 14.8 Å². The van der Waals surface area contributed by atoms with Gasteiger partial charge in [0.15, 0.2) is 0 Å². The molecule has 0 aliphatic carbocycles. The molecular weight excluding hydrogens is 456 g/mol. The number of carbonyl (C=O) groups is 1. The second-order valence-electron chi connectivity index (χ2n) is 7.04. The van der Waals surface area contributed by atoms with Gasteiger partial charge >= 0.3 is 5.97 Å². The summed E-state index contributed by atoms with van der Waals surface area (Å²) in [5, 5.41) is 23.3. The molecule has 166 valence electrons. The van der Waals surface area contributed by atoms with Gasteiger partial charge in [-0.2, -0.15) is 5.26 Å². The molecule has 0 unspecified atom stereocenters. The SMILES string of the molecule is COc1cccc2c(CCNc3cc(-c4ccc(C(=O)O)c(SC)c4)ncn3)c(C#N)sc12. The van der Waals surface area contributed by atoms with Crippen molar-refractivity contribution >= 4 is 45.0 Å². The third-order valence-electron chi connectivity index (χ3n) is 5.18. The number of nitrogens with zero attached hydrogens (tertiary/aromatic N) is 3. The molecule has 0 bridgehead atoms. The number of rotatable bonds is 8. The first-order valence-corrected chi connectivity index (χ1v) is 12.1. The van der Waals surface area contributed by atoms with Crippen LogP contribution in [0.1, 0.15) is 20.8 Å². The Morgan fingerprint density at radius 2 is 2.12 bits per heavy atom. The first kappa shape index (κ1) is 22.6. The van der Waals surface area contributed by atoms with Crippen LogP contribution in [0.5, 0.6) is 5.75 Å². The Balaban J connectivity index is 1.53. The lowest BCUT2D eigenvalue weighted by atomic mass is 10.1. The molecule has 0 aliphatic heterocycles. The van der Waals surface area contributed by atoms with Crippen molar-refractivity contribution in [1.29, 1.82) is 5.26 Å². The van der Waals surface area contributed by atoms with E-state index in [1.807, 2.05) is 36.6 Å². The van der Waals surface area contributed by atoms with Crippen LogP contribution in [0.15, 0.2) is 53.7 Å². The molecule has 0 saturated carbocycles. The highest BCUT2D eigenvalue weighted by Gasteiger charge is 2.15. The van der Waals surface area contributed by atoms with Crippen molar-refractivity contribution < 1.29 is 14.6 Å². The smallest absolute Gasteiger partial charge is 0.336 e. The fourth-order valence-electron chi connectivity index (χ4n) is 3.60. The van der Waals surface area contributed by atoms with Gasteiger partial charge in [-0.1, -0.05) is 18.2 Å². The zero-order valence-electron chi connectivity index (χ0n) is 18.0. The summed E-state index contributed by atoms with van der Waals surface area (Å²) >= 11 is 2.83. The zero-order chi connectivity index (χ0) is 23.4. The van der Waals surface area contributed by atoms with Crippen LogP contribution >= 0.6 is 23.1 Å². The maximum absolute atomic E-state index is 11.4. The van der Waals surface area contributed by atoms with Gasteiger partial charge in [0.2, 0.25) is 0 Å². The molecule has 7 nitrogen and oxygen atoms in total. The number of carboxylic acids is 1. The van der Waals surface area contributed by atoms with Crippen LogP contribution in [-0.4, -0.2) is 41.0 Å². The monoisotopic (exact) mass is 476 g/mol. The maximum Gasteiger partial charge on any atom is 0.336 e. The molecule has 0 fully saturated rings. The normalized spacial score (nSPS) is 10.7. The highest BCUT2D eigenvalue weighted by Crippen LogP contribution is 2.37. The summed E-state index contributed by atoms with van der Waals surface area (Å²) in [6.07, 6.45) is 3.98. The third-order valence-corrected chi connectivity index (χ3v) is 7.12. The van der Waals surface area contributed by atoms with Gasteiger partial charge in [-0.15, -0.1) is 23.1 Å². The second-order valence-corrected chi connectivity index (χ2v) is 8.91. The molecule has 0 spiro atoms. The van der Waals surface area contributed by atoms with Crippen molar-refractivity contribution in [1.82, 2.24) is 9.97 Å². The first-order valence-electron chi connectivity index (χ1n) is 10.0. The number of nitrogens with one attached hydrogen (secondary N) is 1. The largest absolute Gasteiger partial charge is 0.495 e. The van der Waals surface area contributed by atoms with Gasteiger partial charge in [-0.3, -0.25) is 0 Å². The van der Waals surface area contributed by atoms with Gasteiger partial charge in [-0.05, 0) is 36.4 Å². The number of thioether (sulfide) groups is 1. The Morgan fingerprint density at radius 1 is 1.27 bits per heavy atom. The lowest BCUT2D eigenvalue weighted by molar-refractivity contribution is 0.0693. The minimum atomic E-state index is -0.953. The molecule has 0 aliphatic rings. The van der Waals surface area contributed by atoms with E-state index < -0.39 is 5.97 Å². The van der Waals surface area contributed by atoms with Gasteiger partial charge in [0.05, 0.1) is 23.1 Å². The molecule has 9 heteroatoms. The van der Waals surface area contributed by atoms with Crippen molar-refractivity contribution in [3.8, 4) is 23.1 Å². The number of aromatic carboxylic acids is 1. The Bertz CT molecular complexity index is 1380. The van der Waals surface area contributed by atoms with E-state index in [4.69, 9.17) is 4.74 Å². The van der Waals surface area contributed by atoms with Gasteiger partial charge in [0, 0.05) is 28.5 Å². The predicted molar refractivity (Wildman–Crippen MR) is 131 cm³/mol. The van der Waals surface area contributed by atoms with Crippen LogP contribution in [0.25, 0.3) is 21.3 Å². The Morgan fingerprint density at radius 3 is 2.85 bits per heavy atom. The molecule has 33 heavy (non-hydrogen) atoms. The van der Waals surface area contributed by atoms with Crippen LogP contribution in [0.4, 0.5) is 5.82 Å². The number of nitriles is 1. The molecule has 4 rings (SSSR count). The summed E-state index contributed by atoms with van der Waals surface area (Å²) in [6.45, 7) is 0.586. The maximum atomic E-state index is 11.4. The number of carboxylic acid groups (broad SMARTS) is 1. The van der Waals surface area contributed by atoms with Crippen LogP contribution in [0.2, 0.25) is 0 Å². The lowest BCUT2D eigenvalue weighted by Gasteiger charge is -2.09. The fourth-order valence-corrected chi connectivity index (χ4v) is 5.36. The van der Waals surface area contributed by atoms with Crippen molar-refractivity contribution in [3.05, 3.63) is 64.8 Å².